The van der Waals surface area contributed by atoms with Gasteiger partial charge in [0.1, 0.15) is 19.3 Å². The molecule has 0 saturated heterocycles. The number of carbonyl (C=O) groups excluding carboxylic acids is 4. The molecule has 0 aromatic heterocycles. The SMILES string of the molecule is CCCCCCCCCCCCCCCCCCC(=O)OC[C@H](COP(=O)(O)OC[C@@H](O)COP(=O)(O)OC[C@@H](COC(=O)CCCCCCCCCCCC(C)C)OC(=O)CCCCCCCCCCCCCCCCCC)OC(=O)CCCCCCCCCCCCCCCCCCC(C)C. The minimum Gasteiger partial charge on any atom is -0.462 e. The van der Waals surface area contributed by atoms with Crippen molar-refractivity contribution >= 4 is 39.5 Å². The zero-order valence-corrected chi connectivity index (χ0v) is 69.4. The zero-order chi connectivity index (χ0) is 75.6. The number of hydrogen-bond acceptors (Lipinski definition) is 15. The maximum absolute atomic E-state index is 13.1. The van der Waals surface area contributed by atoms with E-state index in [0.717, 1.165) is 102 Å². The monoisotopic (exact) mass is 1510 g/mol. The first-order valence-electron chi connectivity index (χ1n) is 43.5. The molecular formula is C84H164O17P2. The standard InChI is InChI=1S/C84H164O17P2/c1-7-9-11-13-15-17-19-21-23-28-32-36-42-48-54-60-66-81(86)94-72-79(100-83(88)69-63-57-51-44-38-34-30-26-25-27-31-35-40-46-52-58-64-76(3)4)74-98-102(90,91)96-70-78(85)71-97-103(92,93)99-75-80(73-95-82(87)67-61-55-49-45-39-41-47-53-59-65-77(5)6)101-84(89)68-62-56-50-43-37-33-29-24-22-20-18-16-14-12-10-8-2/h76-80,85H,7-75H2,1-6H3,(H,90,91)(H,92,93)/t78-,79-,80-/m1/s1. The Kier molecular flexibility index (Phi) is 74.1. The van der Waals surface area contributed by atoms with Crippen LogP contribution < -0.4 is 0 Å². The van der Waals surface area contributed by atoms with Gasteiger partial charge in [-0.15, -0.1) is 0 Å². The van der Waals surface area contributed by atoms with E-state index >= 15 is 0 Å². The van der Waals surface area contributed by atoms with Crippen molar-refractivity contribution < 1.29 is 80.2 Å². The number of carbonyl (C=O) groups is 4. The van der Waals surface area contributed by atoms with Crippen molar-refractivity contribution in [2.24, 2.45) is 11.8 Å². The zero-order valence-electron chi connectivity index (χ0n) is 67.6. The summed E-state index contributed by atoms with van der Waals surface area (Å²) in [4.78, 5) is 73.2. The number of ether oxygens (including phenoxy) is 4. The predicted octanol–water partition coefficient (Wildman–Crippen LogP) is 25.5. The van der Waals surface area contributed by atoms with Gasteiger partial charge in [-0.25, -0.2) is 9.13 Å². The van der Waals surface area contributed by atoms with Crippen LogP contribution in [0.3, 0.4) is 0 Å². The van der Waals surface area contributed by atoms with Crippen LogP contribution >= 0.6 is 15.6 Å². The Balaban J connectivity index is 5.26. The summed E-state index contributed by atoms with van der Waals surface area (Å²) in [6.45, 7) is 9.68. The molecule has 0 radical (unpaired) electrons. The van der Waals surface area contributed by atoms with E-state index in [1.54, 1.807) is 0 Å². The topological polar surface area (TPSA) is 237 Å². The van der Waals surface area contributed by atoms with Crippen LogP contribution in [0.15, 0.2) is 0 Å². The summed E-state index contributed by atoms with van der Waals surface area (Å²) in [7, 11) is -9.93. The number of hydrogen-bond donors (Lipinski definition) is 3. The Labute approximate surface area is 632 Å². The second-order valence-electron chi connectivity index (χ2n) is 31.2. The highest BCUT2D eigenvalue weighted by Crippen LogP contribution is 2.45. The van der Waals surface area contributed by atoms with E-state index in [0.29, 0.717) is 25.7 Å². The van der Waals surface area contributed by atoms with Gasteiger partial charge in [-0.05, 0) is 37.5 Å². The molecular weight excluding hydrogens is 1340 g/mol. The summed E-state index contributed by atoms with van der Waals surface area (Å²) >= 11 is 0. The lowest BCUT2D eigenvalue weighted by atomic mass is 10.0. The summed E-state index contributed by atoms with van der Waals surface area (Å²) in [6.07, 6.45) is 66.5. The van der Waals surface area contributed by atoms with Gasteiger partial charge in [-0.2, -0.15) is 0 Å². The van der Waals surface area contributed by atoms with Crippen LogP contribution in [0.5, 0.6) is 0 Å². The average Bonchev–Trinajstić information content (AvgIpc) is 0.998. The van der Waals surface area contributed by atoms with Crippen LogP contribution in [-0.4, -0.2) is 96.7 Å². The van der Waals surface area contributed by atoms with Gasteiger partial charge in [0.15, 0.2) is 12.2 Å². The largest absolute Gasteiger partial charge is 0.472 e. The molecule has 0 aliphatic carbocycles. The first-order chi connectivity index (χ1) is 49.9. The van der Waals surface area contributed by atoms with Crippen molar-refractivity contribution in [1.82, 2.24) is 0 Å². The van der Waals surface area contributed by atoms with Gasteiger partial charge in [-0.3, -0.25) is 37.3 Å². The number of rotatable bonds is 83. The van der Waals surface area contributed by atoms with Gasteiger partial charge in [-0.1, -0.05) is 395 Å². The molecule has 2 unspecified atom stereocenters. The summed E-state index contributed by atoms with van der Waals surface area (Å²) in [6, 6.07) is 0. The maximum Gasteiger partial charge on any atom is 0.472 e. The summed E-state index contributed by atoms with van der Waals surface area (Å²) in [5.41, 5.74) is 0. The van der Waals surface area contributed by atoms with Crippen LogP contribution in [0.25, 0.3) is 0 Å². The van der Waals surface area contributed by atoms with E-state index in [-0.39, 0.29) is 25.7 Å². The molecule has 19 heteroatoms. The van der Waals surface area contributed by atoms with Crippen LogP contribution in [0.1, 0.15) is 446 Å². The second-order valence-corrected chi connectivity index (χ2v) is 34.1. The van der Waals surface area contributed by atoms with Gasteiger partial charge in [0.25, 0.3) is 0 Å². The van der Waals surface area contributed by atoms with Gasteiger partial charge in [0.05, 0.1) is 26.4 Å². The molecule has 0 bridgehead atoms. The number of phosphoric ester groups is 2. The van der Waals surface area contributed by atoms with Crippen molar-refractivity contribution in [3.05, 3.63) is 0 Å². The first kappa shape index (κ1) is 101. The molecule has 0 amide bonds. The Bertz CT molecular complexity index is 1980. The summed E-state index contributed by atoms with van der Waals surface area (Å²) < 4.78 is 68.9. The Hall–Kier alpha value is -1.94. The molecule has 0 aromatic rings. The molecule has 612 valence electrons. The summed E-state index contributed by atoms with van der Waals surface area (Å²) in [5.74, 6) is -0.549. The highest BCUT2D eigenvalue weighted by Gasteiger charge is 2.30. The second kappa shape index (κ2) is 75.5. The molecule has 103 heavy (non-hydrogen) atoms. The van der Waals surface area contributed by atoms with Gasteiger partial charge in [0.2, 0.25) is 0 Å². The van der Waals surface area contributed by atoms with Crippen molar-refractivity contribution in [3.8, 4) is 0 Å². The highest BCUT2D eigenvalue weighted by molar-refractivity contribution is 7.47. The van der Waals surface area contributed by atoms with Crippen molar-refractivity contribution in [2.45, 2.75) is 464 Å². The fraction of sp³-hybridized carbons (Fsp3) is 0.952. The lowest BCUT2D eigenvalue weighted by Gasteiger charge is -2.21. The Morgan fingerprint density at radius 1 is 0.262 bits per heavy atom. The molecule has 0 aromatic carbocycles. The third-order valence-corrected chi connectivity index (χ3v) is 21.6. The van der Waals surface area contributed by atoms with Crippen LogP contribution in [0.2, 0.25) is 0 Å². The van der Waals surface area contributed by atoms with E-state index in [1.165, 1.54) is 263 Å². The normalized spacial score (nSPS) is 13.9. The van der Waals surface area contributed by atoms with Gasteiger partial charge < -0.3 is 33.8 Å². The molecule has 5 atom stereocenters. The van der Waals surface area contributed by atoms with Crippen molar-refractivity contribution in [3.63, 3.8) is 0 Å². The van der Waals surface area contributed by atoms with Crippen molar-refractivity contribution in [1.29, 1.82) is 0 Å². The average molecular weight is 1510 g/mol. The van der Waals surface area contributed by atoms with E-state index in [9.17, 15) is 43.2 Å². The first-order valence-corrected chi connectivity index (χ1v) is 46.5. The minimum absolute atomic E-state index is 0.108. The van der Waals surface area contributed by atoms with E-state index in [2.05, 4.69) is 41.5 Å². The smallest absolute Gasteiger partial charge is 0.462 e. The number of unbranched alkanes of at least 4 members (excludes halogenated alkanes) is 53. The summed E-state index contributed by atoms with van der Waals surface area (Å²) in [5, 5.41) is 10.7. The molecule has 0 spiro atoms. The van der Waals surface area contributed by atoms with Gasteiger partial charge in [0, 0.05) is 25.7 Å². The van der Waals surface area contributed by atoms with E-state index in [4.69, 9.17) is 37.0 Å². The molecule has 0 rings (SSSR count). The highest BCUT2D eigenvalue weighted by atomic mass is 31.2. The van der Waals surface area contributed by atoms with Crippen LogP contribution in [-0.2, 0) is 65.4 Å². The molecule has 0 heterocycles. The predicted molar refractivity (Wildman–Crippen MR) is 423 cm³/mol. The van der Waals surface area contributed by atoms with Crippen LogP contribution in [0.4, 0.5) is 0 Å². The number of esters is 4. The quantitative estimate of drug-likeness (QED) is 0.0222. The Morgan fingerprint density at radius 2 is 0.447 bits per heavy atom. The molecule has 0 aliphatic heterocycles. The lowest BCUT2D eigenvalue weighted by Crippen LogP contribution is -2.30. The molecule has 17 nitrogen and oxygen atoms in total. The molecule has 3 N–H and O–H groups in total. The van der Waals surface area contributed by atoms with Gasteiger partial charge >= 0.3 is 39.5 Å². The van der Waals surface area contributed by atoms with E-state index in [1.807, 2.05) is 0 Å². The Morgan fingerprint density at radius 3 is 0.660 bits per heavy atom. The van der Waals surface area contributed by atoms with Crippen molar-refractivity contribution in [2.75, 3.05) is 39.6 Å². The maximum atomic E-state index is 13.1. The number of aliphatic hydroxyl groups excluding tert-OH is 1. The molecule has 0 aliphatic rings. The molecule has 0 saturated carbocycles. The minimum atomic E-state index is -4.96. The van der Waals surface area contributed by atoms with E-state index < -0.39 is 97.5 Å². The number of aliphatic hydroxyl groups is 1. The lowest BCUT2D eigenvalue weighted by molar-refractivity contribution is -0.161. The fourth-order valence-corrected chi connectivity index (χ4v) is 14.6. The third kappa shape index (κ3) is 78.0. The van der Waals surface area contributed by atoms with Crippen LogP contribution in [0, 0.1) is 11.8 Å². The third-order valence-electron chi connectivity index (χ3n) is 19.7. The molecule has 0 fully saturated rings. The fourth-order valence-electron chi connectivity index (χ4n) is 13.1. The number of phosphoric acid groups is 2.